The van der Waals surface area contributed by atoms with E-state index in [0.29, 0.717) is 12.8 Å². The Morgan fingerprint density at radius 3 is 2.72 bits per heavy atom. The van der Waals surface area contributed by atoms with Gasteiger partial charge in [0.05, 0.1) is 22.6 Å². The molecule has 11 nitrogen and oxygen atoms in total. The Morgan fingerprint density at radius 1 is 1.31 bits per heavy atom. The van der Waals surface area contributed by atoms with Crippen LogP contribution in [0.3, 0.4) is 0 Å². The molecule has 3 rings (SSSR count). The van der Waals surface area contributed by atoms with E-state index in [2.05, 4.69) is 10.6 Å². The first-order valence-electron chi connectivity index (χ1n) is 9.15. The number of imide groups is 1. The molecule has 0 bridgehead atoms. The molecule has 2 heterocycles. The smallest absolute Gasteiger partial charge is 0.404 e. The molecule has 11 heteroatoms. The van der Waals surface area contributed by atoms with Gasteiger partial charge in [-0.15, -0.1) is 0 Å². The van der Waals surface area contributed by atoms with Gasteiger partial charge in [0.25, 0.3) is 17.5 Å². The second kappa shape index (κ2) is 7.86. The van der Waals surface area contributed by atoms with E-state index >= 15 is 0 Å². The highest BCUT2D eigenvalue weighted by atomic mass is 16.6. The standard InChI is InChI=1S/C18H20N4O7/c23-14-6-8-18(16(25)20-14,7-1-2-9-19-17(26)27)21-10-12-11(15(21)24)4-3-5-13(12)22(28)29/h3-5,19H,1-2,6-10H2,(H,26,27)(H,20,23,25). The molecule has 4 amide bonds. The molecular formula is C18H20N4O7. The van der Waals surface area contributed by atoms with Crippen molar-refractivity contribution in [2.45, 2.75) is 44.2 Å². The third-order valence-corrected chi connectivity index (χ3v) is 5.39. The Hall–Kier alpha value is -3.50. The summed E-state index contributed by atoms with van der Waals surface area (Å²) >= 11 is 0. The highest BCUT2D eigenvalue weighted by Gasteiger charge is 2.52. The third kappa shape index (κ3) is 3.75. The van der Waals surface area contributed by atoms with Crippen LogP contribution >= 0.6 is 0 Å². The summed E-state index contributed by atoms with van der Waals surface area (Å²) in [6, 6.07) is 4.22. The molecule has 29 heavy (non-hydrogen) atoms. The van der Waals surface area contributed by atoms with Crippen LogP contribution in [0.5, 0.6) is 0 Å². The van der Waals surface area contributed by atoms with Crippen molar-refractivity contribution < 1.29 is 29.2 Å². The van der Waals surface area contributed by atoms with Crippen LogP contribution in [0.15, 0.2) is 18.2 Å². The molecule has 0 aromatic heterocycles. The zero-order valence-corrected chi connectivity index (χ0v) is 15.5. The van der Waals surface area contributed by atoms with Crippen molar-refractivity contribution in [1.29, 1.82) is 0 Å². The van der Waals surface area contributed by atoms with E-state index in [9.17, 15) is 29.3 Å². The van der Waals surface area contributed by atoms with Gasteiger partial charge in [-0.1, -0.05) is 6.07 Å². The van der Waals surface area contributed by atoms with Crippen LogP contribution in [0.25, 0.3) is 0 Å². The summed E-state index contributed by atoms with van der Waals surface area (Å²) in [6.45, 7) is 0.0892. The number of amides is 4. The second-order valence-electron chi connectivity index (χ2n) is 7.05. The Labute approximate surface area is 165 Å². The zero-order chi connectivity index (χ0) is 21.2. The van der Waals surface area contributed by atoms with Gasteiger partial charge in [-0.3, -0.25) is 29.8 Å². The van der Waals surface area contributed by atoms with Crippen LogP contribution in [-0.4, -0.2) is 50.8 Å². The molecule has 2 aliphatic rings. The average Bonchev–Trinajstić information content (AvgIpc) is 3.00. The molecule has 1 atom stereocenters. The first kappa shape index (κ1) is 20.2. The van der Waals surface area contributed by atoms with Gasteiger partial charge in [0.15, 0.2) is 0 Å². The van der Waals surface area contributed by atoms with Crippen molar-refractivity contribution >= 4 is 29.5 Å². The van der Waals surface area contributed by atoms with Crippen molar-refractivity contribution in [2.24, 2.45) is 0 Å². The first-order chi connectivity index (χ1) is 13.8. The quantitative estimate of drug-likeness (QED) is 0.266. The Bertz CT molecular complexity index is 900. The van der Waals surface area contributed by atoms with E-state index in [-0.39, 0.29) is 49.2 Å². The maximum Gasteiger partial charge on any atom is 0.404 e. The van der Waals surface area contributed by atoms with Gasteiger partial charge >= 0.3 is 6.09 Å². The van der Waals surface area contributed by atoms with E-state index in [1.807, 2.05) is 0 Å². The molecule has 1 unspecified atom stereocenters. The summed E-state index contributed by atoms with van der Waals surface area (Å²) in [6.07, 6.45) is 0.0622. The number of nitro groups is 1. The Kier molecular flexibility index (Phi) is 5.48. The Morgan fingerprint density at radius 2 is 2.07 bits per heavy atom. The minimum absolute atomic E-state index is 0.0430. The third-order valence-electron chi connectivity index (χ3n) is 5.39. The SMILES string of the molecule is O=C(O)NCCCCC1(N2Cc3c(cccc3[N+](=O)[O-])C2=O)CCC(=O)NC1=O. The van der Waals surface area contributed by atoms with Gasteiger partial charge in [0.1, 0.15) is 5.54 Å². The monoisotopic (exact) mass is 404 g/mol. The number of benzene rings is 1. The van der Waals surface area contributed by atoms with Crippen molar-refractivity contribution in [3.8, 4) is 0 Å². The zero-order valence-electron chi connectivity index (χ0n) is 15.5. The fraction of sp³-hybridized carbons (Fsp3) is 0.444. The van der Waals surface area contributed by atoms with Gasteiger partial charge in [-0.2, -0.15) is 0 Å². The molecule has 2 aliphatic heterocycles. The topological polar surface area (TPSA) is 159 Å². The maximum atomic E-state index is 13.0. The fourth-order valence-corrected chi connectivity index (χ4v) is 3.94. The van der Waals surface area contributed by atoms with Crippen LogP contribution in [0.2, 0.25) is 0 Å². The van der Waals surface area contributed by atoms with Gasteiger partial charge in [-0.05, 0) is 31.7 Å². The molecule has 1 saturated heterocycles. The van der Waals surface area contributed by atoms with E-state index in [1.165, 1.54) is 23.1 Å². The summed E-state index contributed by atoms with van der Waals surface area (Å²) in [5.74, 6) is -1.53. The summed E-state index contributed by atoms with van der Waals surface area (Å²) in [5.41, 5.74) is -1.08. The van der Waals surface area contributed by atoms with Crippen molar-refractivity contribution in [3.63, 3.8) is 0 Å². The number of nitrogens with one attached hydrogen (secondary N) is 2. The largest absolute Gasteiger partial charge is 0.465 e. The lowest BCUT2D eigenvalue weighted by Gasteiger charge is -2.42. The number of fused-ring (bicyclic) bond motifs is 1. The van der Waals surface area contributed by atoms with Crippen LogP contribution in [0.1, 0.15) is 48.0 Å². The van der Waals surface area contributed by atoms with Gasteiger partial charge in [-0.25, -0.2) is 4.79 Å². The first-order valence-corrected chi connectivity index (χ1v) is 9.15. The molecule has 0 spiro atoms. The number of carbonyl (C=O) groups excluding carboxylic acids is 3. The second-order valence-corrected chi connectivity index (χ2v) is 7.05. The van der Waals surface area contributed by atoms with Crippen LogP contribution in [0, 0.1) is 10.1 Å². The highest BCUT2D eigenvalue weighted by Crippen LogP contribution is 2.40. The number of unbranched alkanes of at least 4 members (excludes halogenated alkanes) is 1. The lowest BCUT2D eigenvalue weighted by molar-refractivity contribution is -0.385. The summed E-state index contributed by atoms with van der Waals surface area (Å²) in [5, 5.41) is 24.5. The van der Waals surface area contributed by atoms with Gasteiger partial charge in [0.2, 0.25) is 5.91 Å². The van der Waals surface area contributed by atoms with Crippen molar-refractivity contribution in [2.75, 3.05) is 6.54 Å². The number of nitrogens with zero attached hydrogens (tertiary/aromatic N) is 2. The summed E-state index contributed by atoms with van der Waals surface area (Å²) in [7, 11) is 0. The highest BCUT2D eigenvalue weighted by molar-refractivity contribution is 6.08. The van der Waals surface area contributed by atoms with Gasteiger partial charge in [0, 0.05) is 19.0 Å². The molecule has 0 saturated carbocycles. The predicted molar refractivity (Wildman–Crippen MR) is 98.0 cm³/mol. The number of rotatable bonds is 7. The minimum atomic E-state index is -1.32. The normalized spacial score (nSPS) is 21.0. The molecular weight excluding hydrogens is 384 g/mol. The van der Waals surface area contributed by atoms with Crippen LogP contribution in [-0.2, 0) is 16.1 Å². The molecule has 1 aromatic rings. The number of piperidine rings is 1. The predicted octanol–water partition coefficient (Wildman–Crippen LogP) is 1.16. The van der Waals surface area contributed by atoms with Crippen LogP contribution in [0.4, 0.5) is 10.5 Å². The van der Waals surface area contributed by atoms with E-state index in [0.717, 1.165) is 0 Å². The number of hydrogen-bond donors (Lipinski definition) is 3. The van der Waals surface area contributed by atoms with Gasteiger partial charge < -0.3 is 15.3 Å². The lowest BCUT2D eigenvalue weighted by atomic mass is 9.82. The molecule has 1 aromatic carbocycles. The van der Waals surface area contributed by atoms with E-state index in [4.69, 9.17) is 5.11 Å². The number of carbonyl (C=O) groups is 4. The van der Waals surface area contributed by atoms with Crippen molar-refractivity contribution in [3.05, 3.63) is 39.4 Å². The number of carboxylic acid groups (broad SMARTS) is 1. The number of nitro benzene ring substituents is 1. The molecule has 1 fully saturated rings. The average molecular weight is 404 g/mol. The minimum Gasteiger partial charge on any atom is -0.465 e. The number of hydrogen-bond acceptors (Lipinski definition) is 6. The fourth-order valence-electron chi connectivity index (χ4n) is 3.94. The Balaban J connectivity index is 1.87. The summed E-state index contributed by atoms with van der Waals surface area (Å²) in [4.78, 5) is 60.2. The lowest BCUT2D eigenvalue weighted by Crippen LogP contribution is -2.63. The van der Waals surface area contributed by atoms with E-state index in [1.54, 1.807) is 0 Å². The summed E-state index contributed by atoms with van der Waals surface area (Å²) < 4.78 is 0. The van der Waals surface area contributed by atoms with Crippen LogP contribution < -0.4 is 10.6 Å². The van der Waals surface area contributed by atoms with E-state index < -0.39 is 34.3 Å². The molecule has 3 N–H and O–H groups in total. The van der Waals surface area contributed by atoms with Crippen molar-refractivity contribution in [1.82, 2.24) is 15.5 Å². The maximum absolute atomic E-state index is 13.0. The molecule has 0 aliphatic carbocycles. The molecule has 0 radical (unpaired) electrons. The molecule has 154 valence electrons.